The number of nitrogens with zero attached hydrogens (tertiary/aromatic N) is 4. The molecule has 180 valence electrons. The van der Waals surface area contributed by atoms with Crippen LogP contribution in [0.25, 0.3) is 16.9 Å². The Balaban J connectivity index is 1.52. The van der Waals surface area contributed by atoms with E-state index in [9.17, 15) is 14.4 Å². The molecule has 1 amide bonds. The number of rotatable bonds is 7. The largest absolute Gasteiger partial charge is 0.462 e. The lowest BCUT2D eigenvalue weighted by atomic mass is 10.0. The normalized spacial score (nSPS) is 10.9. The van der Waals surface area contributed by atoms with E-state index in [0.29, 0.717) is 10.6 Å². The van der Waals surface area contributed by atoms with E-state index in [0.717, 1.165) is 21.7 Å². The monoisotopic (exact) mass is 493 g/mol. The van der Waals surface area contributed by atoms with Gasteiger partial charge < -0.3 is 14.8 Å². The van der Waals surface area contributed by atoms with Gasteiger partial charge in [-0.3, -0.25) is 4.79 Å². The SMILES string of the molecule is CCOC(=O)c1c(NC(=O)COC(=O)c2nc3nccc(C)n3n2)sc(C)c1-c1ccc(C)cc1. The van der Waals surface area contributed by atoms with Crippen LogP contribution >= 0.6 is 11.3 Å². The van der Waals surface area contributed by atoms with Gasteiger partial charge in [0.15, 0.2) is 6.61 Å². The molecule has 0 aliphatic rings. The summed E-state index contributed by atoms with van der Waals surface area (Å²) < 4.78 is 11.7. The lowest BCUT2D eigenvalue weighted by molar-refractivity contribution is -0.119. The Kier molecular flexibility index (Phi) is 6.87. The summed E-state index contributed by atoms with van der Waals surface area (Å²) in [5, 5.41) is 7.06. The maximum Gasteiger partial charge on any atom is 0.378 e. The van der Waals surface area contributed by atoms with Gasteiger partial charge in [0.05, 0.1) is 6.61 Å². The zero-order valence-electron chi connectivity index (χ0n) is 19.6. The Bertz CT molecular complexity index is 1420. The molecule has 0 atom stereocenters. The number of aromatic nitrogens is 4. The summed E-state index contributed by atoms with van der Waals surface area (Å²) in [6, 6.07) is 9.45. The molecule has 0 bridgehead atoms. The third-order valence-corrected chi connectivity index (χ3v) is 6.12. The van der Waals surface area contributed by atoms with Crippen LogP contribution in [0.5, 0.6) is 0 Å². The van der Waals surface area contributed by atoms with Crippen molar-refractivity contribution in [2.24, 2.45) is 0 Å². The molecule has 0 aliphatic heterocycles. The molecule has 0 aliphatic carbocycles. The van der Waals surface area contributed by atoms with E-state index < -0.39 is 24.5 Å². The summed E-state index contributed by atoms with van der Waals surface area (Å²) in [7, 11) is 0. The van der Waals surface area contributed by atoms with E-state index in [-0.39, 0.29) is 23.8 Å². The number of hydrogen-bond acceptors (Lipinski definition) is 9. The summed E-state index contributed by atoms with van der Waals surface area (Å²) >= 11 is 1.25. The van der Waals surface area contributed by atoms with Crippen molar-refractivity contribution in [2.45, 2.75) is 27.7 Å². The van der Waals surface area contributed by atoms with Crippen LogP contribution in [0.2, 0.25) is 0 Å². The van der Waals surface area contributed by atoms with Crippen molar-refractivity contribution in [3.8, 4) is 11.1 Å². The van der Waals surface area contributed by atoms with Gasteiger partial charge in [-0.1, -0.05) is 29.8 Å². The summed E-state index contributed by atoms with van der Waals surface area (Å²) in [5.74, 6) is -1.98. The lowest BCUT2D eigenvalue weighted by Crippen LogP contribution is -2.22. The predicted molar refractivity (Wildman–Crippen MR) is 130 cm³/mol. The van der Waals surface area contributed by atoms with Gasteiger partial charge in [-0.05, 0) is 39.3 Å². The first kappa shape index (κ1) is 24.0. The lowest BCUT2D eigenvalue weighted by Gasteiger charge is -2.09. The van der Waals surface area contributed by atoms with Gasteiger partial charge in [0.25, 0.3) is 17.5 Å². The van der Waals surface area contributed by atoms with Crippen molar-refractivity contribution >= 4 is 40.0 Å². The number of hydrogen-bond donors (Lipinski definition) is 1. The molecule has 35 heavy (non-hydrogen) atoms. The van der Waals surface area contributed by atoms with E-state index in [2.05, 4.69) is 20.4 Å². The number of aryl methyl sites for hydroxylation is 3. The van der Waals surface area contributed by atoms with Gasteiger partial charge in [0.1, 0.15) is 10.6 Å². The minimum absolute atomic E-state index is 0.187. The van der Waals surface area contributed by atoms with E-state index in [1.54, 1.807) is 26.1 Å². The number of fused-ring (bicyclic) bond motifs is 1. The van der Waals surface area contributed by atoms with Gasteiger partial charge in [0, 0.05) is 22.3 Å². The average Bonchev–Trinajstić information content (AvgIpc) is 3.40. The second-order valence-electron chi connectivity index (χ2n) is 7.68. The van der Waals surface area contributed by atoms with Gasteiger partial charge in [0.2, 0.25) is 0 Å². The third-order valence-electron chi connectivity index (χ3n) is 5.10. The molecule has 1 aromatic carbocycles. The number of nitrogens with one attached hydrogen (secondary N) is 1. The maximum atomic E-state index is 12.8. The second kappa shape index (κ2) is 10.0. The van der Waals surface area contributed by atoms with Crippen molar-refractivity contribution in [1.29, 1.82) is 0 Å². The van der Waals surface area contributed by atoms with E-state index in [4.69, 9.17) is 9.47 Å². The summed E-state index contributed by atoms with van der Waals surface area (Å²) in [5.41, 5.74) is 3.61. The first-order valence-electron chi connectivity index (χ1n) is 10.8. The molecule has 3 aromatic heterocycles. The van der Waals surface area contributed by atoms with E-state index >= 15 is 0 Å². The molecule has 4 aromatic rings. The molecular formula is C24H23N5O5S. The van der Waals surface area contributed by atoms with Crippen molar-refractivity contribution in [1.82, 2.24) is 19.6 Å². The first-order valence-corrected chi connectivity index (χ1v) is 11.6. The molecule has 10 nitrogen and oxygen atoms in total. The van der Waals surface area contributed by atoms with Crippen molar-refractivity contribution in [2.75, 3.05) is 18.5 Å². The van der Waals surface area contributed by atoms with Crippen LogP contribution in [0.15, 0.2) is 36.5 Å². The summed E-state index contributed by atoms with van der Waals surface area (Å²) in [6.07, 6.45) is 1.55. The molecule has 1 N–H and O–H groups in total. The molecule has 4 rings (SSSR count). The number of thiophene rings is 1. The van der Waals surface area contributed by atoms with Crippen LogP contribution < -0.4 is 5.32 Å². The van der Waals surface area contributed by atoms with Crippen molar-refractivity contribution in [3.63, 3.8) is 0 Å². The molecule has 11 heteroatoms. The highest BCUT2D eigenvalue weighted by molar-refractivity contribution is 7.17. The predicted octanol–water partition coefficient (Wildman–Crippen LogP) is 3.75. The van der Waals surface area contributed by atoms with Gasteiger partial charge in [-0.15, -0.1) is 16.4 Å². The van der Waals surface area contributed by atoms with Crippen molar-refractivity contribution in [3.05, 3.63) is 64.1 Å². The fourth-order valence-corrected chi connectivity index (χ4v) is 4.53. The standard InChI is InChI=1S/C24H23N5O5S/c1-5-33-22(31)19-18(16-8-6-13(2)7-9-16)15(4)35-21(19)26-17(30)12-34-23(32)20-27-24-25-11-10-14(3)29(24)28-20/h6-11H,5,12H2,1-4H3,(H,26,30). The van der Waals surface area contributed by atoms with E-state index in [1.807, 2.05) is 38.1 Å². The van der Waals surface area contributed by atoms with Crippen LogP contribution in [-0.2, 0) is 14.3 Å². The smallest absolute Gasteiger partial charge is 0.378 e. The summed E-state index contributed by atoms with van der Waals surface area (Å²) in [4.78, 5) is 46.7. The van der Waals surface area contributed by atoms with Crippen LogP contribution in [0.1, 0.15) is 44.0 Å². The quantitative estimate of drug-likeness (QED) is 0.386. The Labute approximate surface area is 204 Å². The number of esters is 2. The number of anilines is 1. The minimum Gasteiger partial charge on any atom is -0.462 e. The van der Waals surface area contributed by atoms with Gasteiger partial charge in [-0.2, -0.15) is 4.98 Å². The fourth-order valence-electron chi connectivity index (χ4n) is 3.45. The molecule has 0 spiro atoms. The highest BCUT2D eigenvalue weighted by Crippen LogP contribution is 2.40. The Morgan fingerprint density at radius 3 is 2.46 bits per heavy atom. The van der Waals surface area contributed by atoms with Gasteiger partial charge >= 0.3 is 11.9 Å². The molecule has 0 unspecified atom stereocenters. The topological polar surface area (TPSA) is 125 Å². The number of ether oxygens (including phenoxy) is 2. The van der Waals surface area contributed by atoms with Gasteiger partial charge in [-0.25, -0.2) is 19.1 Å². The molecule has 0 fully saturated rings. The molecule has 0 saturated carbocycles. The Hall–Kier alpha value is -4.12. The number of benzene rings is 1. The number of carbonyl (C=O) groups is 3. The van der Waals surface area contributed by atoms with E-state index in [1.165, 1.54) is 15.9 Å². The highest BCUT2D eigenvalue weighted by Gasteiger charge is 2.26. The van der Waals surface area contributed by atoms with Crippen LogP contribution in [-0.4, -0.2) is 50.6 Å². The zero-order valence-corrected chi connectivity index (χ0v) is 20.4. The minimum atomic E-state index is -0.863. The second-order valence-corrected chi connectivity index (χ2v) is 8.91. The number of carbonyl (C=O) groups excluding carboxylic acids is 3. The van der Waals surface area contributed by atoms with Crippen LogP contribution in [0, 0.1) is 20.8 Å². The third kappa shape index (κ3) is 5.04. The van der Waals surface area contributed by atoms with Crippen LogP contribution in [0.3, 0.4) is 0 Å². The molecule has 3 heterocycles. The number of amides is 1. The zero-order chi connectivity index (χ0) is 25.1. The fraction of sp³-hybridized carbons (Fsp3) is 0.250. The van der Waals surface area contributed by atoms with Crippen LogP contribution in [0.4, 0.5) is 5.00 Å². The highest BCUT2D eigenvalue weighted by atomic mass is 32.1. The first-order chi connectivity index (χ1) is 16.8. The Morgan fingerprint density at radius 1 is 1.03 bits per heavy atom. The van der Waals surface area contributed by atoms with Crippen molar-refractivity contribution < 1.29 is 23.9 Å². The molecule has 0 radical (unpaired) electrons. The summed E-state index contributed by atoms with van der Waals surface area (Å²) in [6.45, 7) is 6.95. The maximum absolute atomic E-state index is 12.8. The average molecular weight is 494 g/mol. The Morgan fingerprint density at radius 2 is 1.77 bits per heavy atom. The molecule has 0 saturated heterocycles. The molecular weight excluding hydrogens is 470 g/mol.